The molecule has 3 unspecified atom stereocenters. The molecule has 0 amide bonds. The molecule has 1 saturated heterocycles. The Bertz CT molecular complexity index is 1050. The summed E-state index contributed by atoms with van der Waals surface area (Å²) in [5.41, 5.74) is -0.917. The van der Waals surface area contributed by atoms with Gasteiger partial charge in [-0.1, -0.05) is 37.6 Å². The first kappa shape index (κ1) is 24.8. The largest absolute Gasteiger partial charge is 0.419 e. The molecule has 7 heteroatoms. The third-order valence-electron chi connectivity index (χ3n) is 7.10. The molecule has 4 rings (SSSR count). The number of hydrogen-bond acceptors (Lipinski definition) is 1. The molecule has 0 N–H and O–H groups in total. The van der Waals surface area contributed by atoms with Gasteiger partial charge in [-0.15, -0.1) is 0 Å². The summed E-state index contributed by atoms with van der Waals surface area (Å²) in [6.45, 7) is 3.01. The summed E-state index contributed by atoms with van der Waals surface area (Å²) in [5, 5.41) is 0. The minimum Gasteiger partial charge on any atom is -0.378 e. The predicted molar refractivity (Wildman–Crippen MR) is 119 cm³/mol. The lowest BCUT2D eigenvalue weighted by Gasteiger charge is -2.35. The van der Waals surface area contributed by atoms with E-state index < -0.39 is 34.8 Å². The van der Waals surface area contributed by atoms with Crippen molar-refractivity contribution < 1.29 is 31.1 Å². The van der Waals surface area contributed by atoms with Crippen molar-refractivity contribution in [1.29, 1.82) is 0 Å². The number of benzene rings is 2. The summed E-state index contributed by atoms with van der Waals surface area (Å²) in [7, 11) is 0. The lowest BCUT2D eigenvalue weighted by atomic mass is 9.80. The van der Waals surface area contributed by atoms with Crippen LogP contribution < -0.4 is 0 Å². The molecule has 1 heterocycles. The van der Waals surface area contributed by atoms with Crippen molar-refractivity contribution >= 4 is 5.57 Å². The third-order valence-corrected chi connectivity index (χ3v) is 7.10. The van der Waals surface area contributed by atoms with E-state index in [0.29, 0.717) is 23.5 Å². The van der Waals surface area contributed by atoms with Gasteiger partial charge in [0.1, 0.15) is 5.82 Å². The average molecular weight is 483 g/mol. The lowest BCUT2D eigenvalue weighted by Crippen LogP contribution is -2.32. The van der Waals surface area contributed by atoms with Crippen LogP contribution in [0.25, 0.3) is 16.7 Å². The summed E-state index contributed by atoms with van der Waals surface area (Å²) in [6, 6.07) is 5.33. The van der Waals surface area contributed by atoms with Gasteiger partial charge in [-0.3, -0.25) is 0 Å². The molecule has 2 aliphatic rings. The standard InChI is InChI=1S/C27H28F6O/c1-2-3-16-4-13-24(34-15-16)18-7-5-17(6-8-18)19-9-10-20(23(28)14-19)21-11-12-22(27(31,32)33)26(30)25(21)29/h5,9-12,14,16,18,24H,2-4,6-8,13,15H2,1H3. The maximum absolute atomic E-state index is 14.8. The fraction of sp³-hybridized carbons (Fsp3) is 0.481. The topological polar surface area (TPSA) is 9.23 Å². The third kappa shape index (κ3) is 5.19. The second-order valence-electron chi connectivity index (χ2n) is 9.35. The van der Waals surface area contributed by atoms with Crippen molar-refractivity contribution in [1.82, 2.24) is 0 Å². The normalized spacial score (nSPS) is 23.6. The van der Waals surface area contributed by atoms with Crippen molar-refractivity contribution in [2.24, 2.45) is 11.8 Å². The van der Waals surface area contributed by atoms with E-state index in [2.05, 4.69) is 13.0 Å². The Morgan fingerprint density at radius 2 is 1.71 bits per heavy atom. The van der Waals surface area contributed by atoms with Crippen LogP contribution >= 0.6 is 0 Å². The average Bonchev–Trinajstić information content (AvgIpc) is 2.81. The fourth-order valence-electron chi connectivity index (χ4n) is 5.20. The Balaban J connectivity index is 1.47. The molecular formula is C27H28F6O. The number of halogens is 6. The van der Waals surface area contributed by atoms with E-state index in [1.54, 1.807) is 6.07 Å². The second-order valence-corrected chi connectivity index (χ2v) is 9.35. The van der Waals surface area contributed by atoms with Crippen LogP contribution in [0.4, 0.5) is 26.3 Å². The first-order chi connectivity index (χ1) is 16.2. The molecule has 0 spiro atoms. The molecule has 0 saturated carbocycles. The fourth-order valence-corrected chi connectivity index (χ4v) is 5.20. The smallest absolute Gasteiger partial charge is 0.378 e. The predicted octanol–water partition coefficient (Wildman–Crippen LogP) is 8.57. The summed E-state index contributed by atoms with van der Waals surface area (Å²) in [6.07, 6.45) is 4.46. The zero-order chi connectivity index (χ0) is 24.5. The molecule has 1 aliphatic carbocycles. The van der Waals surface area contributed by atoms with Crippen molar-refractivity contribution in [2.45, 2.75) is 64.1 Å². The summed E-state index contributed by atoms with van der Waals surface area (Å²) in [5.74, 6) is -3.47. The van der Waals surface area contributed by atoms with Gasteiger partial charge < -0.3 is 4.74 Å². The molecular weight excluding hydrogens is 454 g/mol. The van der Waals surface area contributed by atoms with Gasteiger partial charge in [0, 0.05) is 17.7 Å². The highest BCUT2D eigenvalue weighted by molar-refractivity contribution is 5.72. The number of ether oxygens (including phenoxy) is 1. The maximum atomic E-state index is 14.8. The first-order valence-electron chi connectivity index (χ1n) is 11.8. The molecule has 1 fully saturated rings. The Hall–Kier alpha value is -2.28. The summed E-state index contributed by atoms with van der Waals surface area (Å²) < 4.78 is 87.7. The van der Waals surface area contributed by atoms with Crippen molar-refractivity contribution in [3.63, 3.8) is 0 Å². The quantitative estimate of drug-likeness (QED) is 0.388. The lowest BCUT2D eigenvalue weighted by molar-refractivity contribution is -0.140. The molecule has 184 valence electrons. The zero-order valence-electron chi connectivity index (χ0n) is 19.0. The number of allylic oxidation sites excluding steroid dienone is 2. The van der Waals surface area contributed by atoms with Crippen LogP contribution in [-0.2, 0) is 10.9 Å². The van der Waals surface area contributed by atoms with E-state index in [0.717, 1.165) is 43.9 Å². The summed E-state index contributed by atoms with van der Waals surface area (Å²) >= 11 is 0. The van der Waals surface area contributed by atoms with Gasteiger partial charge in [0.15, 0.2) is 11.6 Å². The van der Waals surface area contributed by atoms with Crippen molar-refractivity contribution in [3.05, 3.63) is 65.0 Å². The highest BCUT2D eigenvalue weighted by atomic mass is 19.4. The van der Waals surface area contributed by atoms with Crippen LogP contribution in [0.2, 0.25) is 0 Å². The SMILES string of the molecule is CCCC1CCC(C2CC=C(c3ccc(-c4ccc(C(F)(F)F)c(F)c4F)c(F)c3)CC2)OC1. The van der Waals surface area contributed by atoms with Crippen molar-refractivity contribution in [3.8, 4) is 11.1 Å². The van der Waals surface area contributed by atoms with E-state index in [1.165, 1.54) is 31.4 Å². The van der Waals surface area contributed by atoms with Gasteiger partial charge in [0.2, 0.25) is 0 Å². The molecule has 0 radical (unpaired) electrons. The van der Waals surface area contributed by atoms with Gasteiger partial charge >= 0.3 is 6.18 Å². The molecule has 34 heavy (non-hydrogen) atoms. The molecule has 1 aliphatic heterocycles. The maximum Gasteiger partial charge on any atom is 0.419 e. The van der Waals surface area contributed by atoms with Gasteiger partial charge in [0.25, 0.3) is 0 Å². The minimum absolute atomic E-state index is 0.252. The molecule has 2 aromatic rings. The van der Waals surface area contributed by atoms with Gasteiger partial charge in [-0.25, -0.2) is 13.2 Å². The number of rotatable bonds is 5. The minimum atomic E-state index is -5.03. The van der Waals surface area contributed by atoms with Gasteiger partial charge in [-0.05, 0) is 73.6 Å². The second kappa shape index (κ2) is 10.1. The van der Waals surface area contributed by atoms with E-state index in [9.17, 15) is 26.3 Å². The van der Waals surface area contributed by atoms with Crippen LogP contribution in [0, 0.1) is 29.3 Å². The Kier molecular flexibility index (Phi) is 7.41. The van der Waals surface area contributed by atoms with E-state index in [-0.39, 0.29) is 11.7 Å². The van der Waals surface area contributed by atoms with Crippen molar-refractivity contribution in [2.75, 3.05) is 6.61 Å². The van der Waals surface area contributed by atoms with Crippen LogP contribution in [0.3, 0.4) is 0 Å². The van der Waals surface area contributed by atoms with Crippen LogP contribution in [0.5, 0.6) is 0 Å². The monoisotopic (exact) mass is 482 g/mol. The Morgan fingerprint density at radius 3 is 2.29 bits per heavy atom. The van der Waals surface area contributed by atoms with Crippen LogP contribution in [-0.4, -0.2) is 12.7 Å². The molecule has 0 bridgehead atoms. The van der Waals surface area contributed by atoms with Crippen LogP contribution in [0.1, 0.15) is 63.0 Å². The molecule has 2 aromatic carbocycles. The number of alkyl halides is 3. The first-order valence-corrected chi connectivity index (χ1v) is 11.8. The highest BCUT2D eigenvalue weighted by Gasteiger charge is 2.36. The molecule has 3 atom stereocenters. The summed E-state index contributed by atoms with van der Waals surface area (Å²) in [4.78, 5) is 0. The highest BCUT2D eigenvalue weighted by Crippen LogP contribution is 2.39. The molecule has 1 nitrogen and oxygen atoms in total. The number of hydrogen-bond donors (Lipinski definition) is 0. The Labute approximate surface area is 195 Å². The molecule has 0 aromatic heterocycles. The Morgan fingerprint density at radius 1 is 0.941 bits per heavy atom. The zero-order valence-corrected chi connectivity index (χ0v) is 19.0. The van der Waals surface area contributed by atoms with Gasteiger partial charge in [0.05, 0.1) is 11.7 Å². The van der Waals surface area contributed by atoms with E-state index >= 15 is 0 Å². The van der Waals surface area contributed by atoms with Crippen LogP contribution in [0.15, 0.2) is 36.4 Å². The van der Waals surface area contributed by atoms with E-state index in [1.807, 2.05) is 0 Å². The van der Waals surface area contributed by atoms with Gasteiger partial charge in [-0.2, -0.15) is 13.2 Å². The van der Waals surface area contributed by atoms with E-state index in [4.69, 9.17) is 4.74 Å².